The van der Waals surface area contributed by atoms with Crippen LogP contribution in [0.15, 0.2) is 76.9 Å². The summed E-state index contributed by atoms with van der Waals surface area (Å²) in [5.41, 5.74) is 3.69. The second kappa shape index (κ2) is 5.93. The maximum atomic E-state index is 12.5. The zero-order valence-corrected chi connectivity index (χ0v) is 14.5. The van der Waals surface area contributed by atoms with Crippen molar-refractivity contribution in [1.82, 2.24) is 9.97 Å². The van der Waals surface area contributed by atoms with Crippen LogP contribution in [-0.2, 0) is 6.42 Å². The molecule has 2 aromatic carbocycles. The molecule has 1 N–H and O–H groups in total. The third-order valence-corrected chi connectivity index (χ3v) is 5.49. The summed E-state index contributed by atoms with van der Waals surface area (Å²) in [6.45, 7) is 0. The number of para-hydroxylation sites is 1. The van der Waals surface area contributed by atoms with Gasteiger partial charge >= 0.3 is 0 Å². The van der Waals surface area contributed by atoms with E-state index in [0.717, 1.165) is 32.4 Å². The summed E-state index contributed by atoms with van der Waals surface area (Å²) >= 11 is 1.56. The number of hydrogen-bond acceptors (Lipinski definition) is 5. The average Bonchev–Trinajstić information content (AvgIpc) is 3.08. The Morgan fingerprint density at radius 1 is 1.00 bits per heavy atom. The van der Waals surface area contributed by atoms with Gasteiger partial charge in [0, 0.05) is 11.3 Å². The van der Waals surface area contributed by atoms with Crippen LogP contribution in [0.5, 0.6) is 0 Å². The first-order valence-electron chi connectivity index (χ1n) is 8.28. The highest BCUT2D eigenvalue weighted by Gasteiger charge is 2.28. The first-order valence-corrected chi connectivity index (χ1v) is 9.10. The lowest BCUT2D eigenvalue weighted by Gasteiger charge is -2.26. The van der Waals surface area contributed by atoms with Crippen molar-refractivity contribution in [2.75, 3.05) is 5.01 Å². The smallest absolute Gasteiger partial charge is 0.261 e. The van der Waals surface area contributed by atoms with Gasteiger partial charge in [-0.3, -0.25) is 4.79 Å². The molecular formula is C20H14N4OS. The van der Waals surface area contributed by atoms with Crippen LogP contribution in [-0.4, -0.2) is 15.7 Å². The number of hydrazone groups is 1. The fourth-order valence-corrected chi connectivity index (χ4v) is 4.35. The molecule has 26 heavy (non-hydrogen) atoms. The van der Waals surface area contributed by atoms with Crippen LogP contribution in [0.2, 0.25) is 0 Å². The molecule has 1 aliphatic rings. The molecule has 0 spiro atoms. The number of thiophene rings is 1. The number of benzene rings is 2. The van der Waals surface area contributed by atoms with Gasteiger partial charge < -0.3 is 4.98 Å². The maximum absolute atomic E-state index is 12.5. The van der Waals surface area contributed by atoms with Crippen molar-refractivity contribution in [3.63, 3.8) is 0 Å². The van der Waals surface area contributed by atoms with E-state index in [2.05, 4.69) is 22.1 Å². The highest BCUT2D eigenvalue weighted by Crippen LogP contribution is 2.42. The van der Waals surface area contributed by atoms with Gasteiger partial charge in [0.25, 0.3) is 5.56 Å². The van der Waals surface area contributed by atoms with Crippen molar-refractivity contribution in [2.24, 2.45) is 5.10 Å². The summed E-state index contributed by atoms with van der Waals surface area (Å²) in [5.74, 6) is 0. The molecule has 2 aromatic heterocycles. The number of nitrogens with one attached hydrogen (secondary N) is 1. The minimum atomic E-state index is -0.133. The van der Waals surface area contributed by atoms with Crippen LogP contribution in [0.4, 0.5) is 11.4 Å². The van der Waals surface area contributed by atoms with Crippen molar-refractivity contribution in [3.8, 4) is 0 Å². The number of aromatic nitrogens is 2. The average molecular weight is 358 g/mol. The van der Waals surface area contributed by atoms with Gasteiger partial charge in [-0.1, -0.05) is 48.5 Å². The van der Waals surface area contributed by atoms with E-state index < -0.39 is 0 Å². The highest BCUT2D eigenvalue weighted by atomic mass is 32.1. The predicted molar refractivity (Wildman–Crippen MR) is 106 cm³/mol. The minimum Gasteiger partial charge on any atom is -0.312 e. The van der Waals surface area contributed by atoms with Crippen LogP contribution >= 0.6 is 11.3 Å². The molecule has 0 aliphatic carbocycles. The molecule has 3 heterocycles. The van der Waals surface area contributed by atoms with Crippen molar-refractivity contribution in [1.29, 1.82) is 0 Å². The van der Waals surface area contributed by atoms with Gasteiger partial charge in [-0.2, -0.15) is 5.10 Å². The van der Waals surface area contributed by atoms with E-state index in [9.17, 15) is 4.79 Å². The third-order valence-electron chi connectivity index (χ3n) is 4.41. The van der Waals surface area contributed by atoms with Crippen LogP contribution in [0.25, 0.3) is 10.2 Å². The van der Waals surface area contributed by atoms with Crippen molar-refractivity contribution in [3.05, 3.63) is 87.8 Å². The Bertz CT molecular complexity index is 1180. The zero-order valence-electron chi connectivity index (χ0n) is 13.7. The van der Waals surface area contributed by atoms with Crippen LogP contribution in [0.3, 0.4) is 0 Å². The topological polar surface area (TPSA) is 61.4 Å². The molecule has 0 fully saturated rings. The Balaban J connectivity index is 1.78. The zero-order chi connectivity index (χ0) is 17.5. The summed E-state index contributed by atoms with van der Waals surface area (Å²) in [5, 5.41) is 7.38. The standard InChI is InChI=1S/C20H14N4OS/c25-19-17-18-16(26-20(17)22-12-21-19)11-15(13-7-3-1-4-8-13)23-24(18)14-9-5-2-6-10-14/h1-10,12H,11H2,(H,21,22,25). The van der Waals surface area contributed by atoms with Gasteiger partial charge in [0.15, 0.2) is 0 Å². The second-order valence-electron chi connectivity index (χ2n) is 6.02. The van der Waals surface area contributed by atoms with Crippen molar-refractivity contribution in [2.45, 2.75) is 6.42 Å². The number of aromatic amines is 1. The number of nitrogens with zero attached hydrogens (tertiary/aromatic N) is 3. The van der Waals surface area contributed by atoms with Gasteiger partial charge in [-0.05, 0) is 17.7 Å². The molecule has 126 valence electrons. The SMILES string of the molecule is O=c1[nH]cnc2sc3c(c12)N(c1ccccc1)N=C(c1ccccc1)C3. The van der Waals surface area contributed by atoms with E-state index in [1.54, 1.807) is 11.3 Å². The van der Waals surface area contributed by atoms with Gasteiger partial charge in [0.1, 0.15) is 10.2 Å². The van der Waals surface area contributed by atoms with E-state index in [1.807, 2.05) is 53.5 Å². The normalized spacial score (nSPS) is 13.5. The first kappa shape index (κ1) is 15.0. The summed E-state index contributed by atoms with van der Waals surface area (Å²) in [6, 6.07) is 20.0. The molecule has 0 unspecified atom stereocenters. The molecule has 0 amide bonds. The number of H-pyrrole nitrogens is 1. The van der Waals surface area contributed by atoms with Gasteiger partial charge in [-0.15, -0.1) is 11.3 Å². The molecule has 0 radical (unpaired) electrons. The van der Waals surface area contributed by atoms with E-state index in [-0.39, 0.29) is 5.56 Å². The Morgan fingerprint density at radius 3 is 2.50 bits per heavy atom. The van der Waals surface area contributed by atoms with Crippen molar-refractivity contribution >= 4 is 38.6 Å². The Kier molecular flexibility index (Phi) is 3.43. The van der Waals surface area contributed by atoms with Crippen LogP contribution in [0, 0.1) is 0 Å². The Hall–Kier alpha value is -3.25. The second-order valence-corrected chi connectivity index (χ2v) is 7.11. The quantitative estimate of drug-likeness (QED) is 0.587. The number of hydrogen-bond donors (Lipinski definition) is 1. The molecule has 0 saturated carbocycles. The van der Waals surface area contributed by atoms with E-state index in [4.69, 9.17) is 5.10 Å². The third kappa shape index (κ3) is 2.34. The number of rotatable bonds is 2. The molecule has 5 rings (SSSR count). The maximum Gasteiger partial charge on any atom is 0.261 e. The molecule has 0 saturated heterocycles. The molecule has 4 aromatic rings. The molecule has 0 bridgehead atoms. The van der Waals surface area contributed by atoms with Crippen LogP contribution < -0.4 is 10.6 Å². The van der Waals surface area contributed by atoms with E-state index >= 15 is 0 Å². The molecule has 1 aliphatic heterocycles. The summed E-state index contributed by atoms with van der Waals surface area (Å²) < 4.78 is 0. The van der Waals surface area contributed by atoms with Gasteiger partial charge in [-0.25, -0.2) is 9.99 Å². The monoisotopic (exact) mass is 358 g/mol. The van der Waals surface area contributed by atoms with Gasteiger partial charge in [0.05, 0.1) is 23.4 Å². The lowest BCUT2D eigenvalue weighted by Crippen LogP contribution is -2.22. The molecular weight excluding hydrogens is 344 g/mol. The molecule has 0 atom stereocenters. The van der Waals surface area contributed by atoms with Crippen LogP contribution in [0.1, 0.15) is 10.4 Å². The highest BCUT2D eigenvalue weighted by molar-refractivity contribution is 7.19. The predicted octanol–water partition coefficient (Wildman–Crippen LogP) is 4.08. The first-order chi connectivity index (χ1) is 12.8. The fourth-order valence-electron chi connectivity index (χ4n) is 3.22. The number of anilines is 2. The van der Waals surface area contributed by atoms with E-state index in [0.29, 0.717) is 11.8 Å². The van der Waals surface area contributed by atoms with E-state index in [1.165, 1.54) is 6.33 Å². The van der Waals surface area contributed by atoms with Crippen molar-refractivity contribution < 1.29 is 0 Å². The molecule has 5 nitrogen and oxygen atoms in total. The summed E-state index contributed by atoms with van der Waals surface area (Å²) in [6.07, 6.45) is 2.14. The minimum absolute atomic E-state index is 0.133. The fraction of sp³-hybridized carbons (Fsp3) is 0.0500. The molecule has 6 heteroatoms. The Labute approximate surface area is 153 Å². The van der Waals surface area contributed by atoms with Gasteiger partial charge in [0.2, 0.25) is 0 Å². The Morgan fingerprint density at radius 2 is 1.73 bits per heavy atom. The number of fused-ring (bicyclic) bond motifs is 3. The lowest BCUT2D eigenvalue weighted by atomic mass is 10.0. The summed E-state index contributed by atoms with van der Waals surface area (Å²) in [4.78, 5) is 21.4. The lowest BCUT2D eigenvalue weighted by molar-refractivity contribution is 1.04. The summed E-state index contributed by atoms with van der Waals surface area (Å²) in [7, 11) is 0. The largest absolute Gasteiger partial charge is 0.312 e.